The van der Waals surface area contributed by atoms with E-state index in [4.69, 9.17) is 15.5 Å². The second-order valence-corrected chi connectivity index (χ2v) is 4.79. The van der Waals surface area contributed by atoms with Crippen molar-refractivity contribution in [2.24, 2.45) is 5.73 Å². The third-order valence-corrected chi connectivity index (χ3v) is 3.41. The number of rotatable bonds is 5. The van der Waals surface area contributed by atoms with Crippen molar-refractivity contribution in [1.29, 1.82) is 0 Å². The summed E-state index contributed by atoms with van der Waals surface area (Å²) in [6, 6.07) is 1.98. The molecular formula is C13H19N5O. The van der Waals surface area contributed by atoms with Crippen LogP contribution in [0.3, 0.4) is 0 Å². The van der Waals surface area contributed by atoms with Gasteiger partial charge >= 0.3 is 0 Å². The Hall–Kier alpha value is -1.66. The standard InChI is InChI=1S/C13H19N5O/c1-19-8-9-7-12-16-11-4-2-3-10(11)13(15-6-5-14)18(12)17-9/h7,15H,2-6,8,14H2,1H3. The lowest BCUT2D eigenvalue weighted by atomic mass is 10.2. The van der Waals surface area contributed by atoms with Crippen LogP contribution in [0.4, 0.5) is 5.82 Å². The number of methoxy groups -OCH3 is 1. The van der Waals surface area contributed by atoms with E-state index in [1.54, 1.807) is 7.11 Å². The summed E-state index contributed by atoms with van der Waals surface area (Å²) < 4.78 is 7.02. The van der Waals surface area contributed by atoms with Crippen molar-refractivity contribution in [2.45, 2.75) is 25.9 Å². The Kier molecular flexibility index (Phi) is 3.35. The first-order valence-corrected chi connectivity index (χ1v) is 6.66. The van der Waals surface area contributed by atoms with Crippen molar-refractivity contribution in [3.8, 4) is 0 Å². The molecule has 6 heteroatoms. The zero-order valence-corrected chi connectivity index (χ0v) is 11.1. The van der Waals surface area contributed by atoms with Gasteiger partial charge in [-0.25, -0.2) is 4.98 Å². The smallest absolute Gasteiger partial charge is 0.157 e. The number of aryl methyl sites for hydroxylation is 1. The summed E-state index contributed by atoms with van der Waals surface area (Å²) in [5, 5.41) is 7.95. The van der Waals surface area contributed by atoms with E-state index in [9.17, 15) is 0 Å². The van der Waals surface area contributed by atoms with Crippen LogP contribution < -0.4 is 11.1 Å². The molecule has 0 spiro atoms. The molecule has 3 N–H and O–H groups in total. The zero-order chi connectivity index (χ0) is 13.2. The van der Waals surface area contributed by atoms with Crippen LogP contribution in [-0.2, 0) is 24.2 Å². The Labute approximate surface area is 112 Å². The van der Waals surface area contributed by atoms with Crippen molar-refractivity contribution in [1.82, 2.24) is 14.6 Å². The molecule has 0 aromatic carbocycles. The number of ether oxygens (including phenoxy) is 1. The van der Waals surface area contributed by atoms with E-state index in [1.165, 1.54) is 11.3 Å². The van der Waals surface area contributed by atoms with Crippen LogP contribution in [0.2, 0.25) is 0 Å². The molecule has 0 atom stereocenters. The number of hydrogen-bond acceptors (Lipinski definition) is 5. The second-order valence-electron chi connectivity index (χ2n) is 4.79. The van der Waals surface area contributed by atoms with Gasteiger partial charge in [0.15, 0.2) is 5.65 Å². The molecule has 0 saturated carbocycles. The number of nitrogens with two attached hydrogens (primary N) is 1. The molecular weight excluding hydrogens is 242 g/mol. The van der Waals surface area contributed by atoms with Gasteiger partial charge in [0.2, 0.25) is 0 Å². The van der Waals surface area contributed by atoms with E-state index in [0.29, 0.717) is 13.2 Å². The summed E-state index contributed by atoms with van der Waals surface area (Å²) in [6.45, 7) is 1.85. The molecule has 0 amide bonds. The van der Waals surface area contributed by atoms with Crippen molar-refractivity contribution in [3.63, 3.8) is 0 Å². The van der Waals surface area contributed by atoms with Gasteiger partial charge in [0.05, 0.1) is 12.3 Å². The summed E-state index contributed by atoms with van der Waals surface area (Å²) in [5.41, 5.74) is 9.85. The molecule has 3 rings (SSSR count). The van der Waals surface area contributed by atoms with Crippen LogP contribution in [0.1, 0.15) is 23.4 Å². The molecule has 0 aliphatic heterocycles. The van der Waals surface area contributed by atoms with Crippen LogP contribution in [0.5, 0.6) is 0 Å². The summed E-state index contributed by atoms with van der Waals surface area (Å²) in [5.74, 6) is 1.05. The van der Waals surface area contributed by atoms with Gasteiger partial charge in [-0.3, -0.25) is 0 Å². The van der Waals surface area contributed by atoms with Crippen molar-refractivity contribution < 1.29 is 4.74 Å². The predicted octanol–water partition coefficient (Wildman–Crippen LogP) is 0.735. The number of nitrogens with one attached hydrogen (secondary N) is 1. The largest absolute Gasteiger partial charge is 0.378 e. The molecule has 1 aliphatic rings. The van der Waals surface area contributed by atoms with E-state index in [0.717, 1.165) is 43.0 Å². The van der Waals surface area contributed by atoms with Crippen LogP contribution in [-0.4, -0.2) is 34.8 Å². The average molecular weight is 261 g/mol. The van der Waals surface area contributed by atoms with Crippen LogP contribution in [0.25, 0.3) is 5.65 Å². The highest BCUT2D eigenvalue weighted by atomic mass is 16.5. The van der Waals surface area contributed by atoms with Gasteiger partial charge < -0.3 is 15.8 Å². The first-order chi connectivity index (χ1) is 9.33. The Morgan fingerprint density at radius 3 is 3.16 bits per heavy atom. The van der Waals surface area contributed by atoms with E-state index < -0.39 is 0 Å². The molecule has 1 aliphatic carbocycles. The first-order valence-electron chi connectivity index (χ1n) is 6.66. The normalized spacial score (nSPS) is 14.0. The fourth-order valence-electron chi connectivity index (χ4n) is 2.63. The Bertz CT molecular complexity index is 592. The van der Waals surface area contributed by atoms with E-state index in [1.807, 2.05) is 10.6 Å². The summed E-state index contributed by atoms with van der Waals surface area (Å²) in [6.07, 6.45) is 3.27. The molecule has 2 aromatic heterocycles. The lowest BCUT2D eigenvalue weighted by Gasteiger charge is -2.12. The van der Waals surface area contributed by atoms with Gasteiger partial charge in [-0.2, -0.15) is 9.61 Å². The molecule has 19 heavy (non-hydrogen) atoms. The number of hydrogen-bond donors (Lipinski definition) is 2. The average Bonchev–Trinajstić information content (AvgIpc) is 3.00. The quantitative estimate of drug-likeness (QED) is 0.830. The lowest BCUT2D eigenvalue weighted by Crippen LogP contribution is -2.17. The molecule has 0 saturated heterocycles. The first kappa shape index (κ1) is 12.4. The third-order valence-electron chi connectivity index (χ3n) is 3.41. The summed E-state index contributed by atoms with van der Waals surface area (Å²) in [4.78, 5) is 4.70. The van der Waals surface area contributed by atoms with Crippen molar-refractivity contribution >= 4 is 11.5 Å². The zero-order valence-electron chi connectivity index (χ0n) is 11.1. The molecule has 2 aromatic rings. The van der Waals surface area contributed by atoms with Crippen LogP contribution >= 0.6 is 0 Å². The van der Waals surface area contributed by atoms with E-state index in [2.05, 4.69) is 10.4 Å². The number of aromatic nitrogens is 3. The summed E-state index contributed by atoms with van der Waals surface area (Å²) >= 11 is 0. The van der Waals surface area contributed by atoms with Gasteiger partial charge in [0.1, 0.15) is 5.82 Å². The third kappa shape index (κ3) is 2.17. The molecule has 2 heterocycles. The van der Waals surface area contributed by atoms with Crippen LogP contribution in [0, 0.1) is 0 Å². The number of anilines is 1. The van der Waals surface area contributed by atoms with E-state index in [-0.39, 0.29) is 0 Å². The second kappa shape index (κ2) is 5.14. The van der Waals surface area contributed by atoms with Gasteiger partial charge in [0.25, 0.3) is 0 Å². The minimum absolute atomic E-state index is 0.504. The van der Waals surface area contributed by atoms with Gasteiger partial charge in [-0.05, 0) is 19.3 Å². The number of nitrogens with zero attached hydrogens (tertiary/aromatic N) is 3. The minimum Gasteiger partial charge on any atom is -0.378 e. The van der Waals surface area contributed by atoms with Gasteiger partial charge in [-0.1, -0.05) is 0 Å². The minimum atomic E-state index is 0.504. The molecule has 6 nitrogen and oxygen atoms in total. The fourth-order valence-corrected chi connectivity index (χ4v) is 2.63. The van der Waals surface area contributed by atoms with Crippen LogP contribution in [0.15, 0.2) is 6.07 Å². The topological polar surface area (TPSA) is 77.5 Å². The monoisotopic (exact) mass is 261 g/mol. The maximum atomic E-state index is 5.59. The molecule has 102 valence electrons. The fraction of sp³-hybridized carbons (Fsp3) is 0.538. The Morgan fingerprint density at radius 1 is 1.47 bits per heavy atom. The maximum Gasteiger partial charge on any atom is 0.157 e. The lowest BCUT2D eigenvalue weighted by molar-refractivity contribution is 0.181. The molecule has 0 radical (unpaired) electrons. The van der Waals surface area contributed by atoms with E-state index >= 15 is 0 Å². The highest BCUT2D eigenvalue weighted by molar-refractivity contribution is 5.57. The summed E-state index contributed by atoms with van der Waals surface area (Å²) in [7, 11) is 1.67. The van der Waals surface area contributed by atoms with Gasteiger partial charge in [0, 0.05) is 37.5 Å². The SMILES string of the molecule is COCc1cc2nc3c(c(NCCN)n2n1)CCC3. The maximum absolute atomic E-state index is 5.59. The number of fused-ring (bicyclic) bond motifs is 2. The predicted molar refractivity (Wildman–Crippen MR) is 73.3 cm³/mol. The Balaban J connectivity index is 2.11. The highest BCUT2D eigenvalue weighted by Crippen LogP contribution is 2.28. The Morgan fingerprint density at radius 2 is 2.37 bits per heavy atom. The molecule has 0 bridgehead atoms. The highest BCUT2D eigenvalue weighted by Gasteiger charge is 2.20. The van der Waals surface area contributed by atoms with Crippen molar-refractivity contribution in [3.05, 3.63) is 23.0 Å². The molecule has 0 fully saturated rings. The van der Waals surface area contributed by atoms with Gasteiger partial charge in [-0.15, -0.1) is 0 Å². The van der Waals surface area contributed by atoms with Crippen molar-refractivity contribution in [2.75, 3.05) is 25.5 Å². The molecule has 0 unspecified atom stereocenters.